The van der Waals surface area contributed by atoms with Gasteiger partial charge in [-0.05, 0) is 17.5 Å². The summed E-state index contributed by atoms with van der Waals surface area (Å²) in [5.74, 6) is -1.01. The number of carbonyl (C=O) groups excluding carboxylic acids is 1. The quantitative estimate of drug-likeness (QED) is 0.545. The average Bonchev–Trinajstić information content (AvgIpc) is 3.20. The number of halogens is 3. The number of ether oxygens (including phenoxy) is 1. The van der Waals surface area contributed by atoms with Crippen molar-refractivity contribution in [2.24, 2.45) is 0 Å². The van der Waals surface area contributed by atoms with E-state index in [2.05, 4.69) is 20.6 Å². The number of nitrogens with one attached hydrogen (secondary N) is 1. The number of anilines is 1. The summed E-state index contributed by atoms with van der Waals surface area (Å²) in [4.78, 5) is 12.7. The summed E-state index contributed by atoms with van der Waals surface area (Å²) in [6.07, 6.45) is -4.00. The van der Waals surface area contributed by atoms with E-state index in [1.165, 1.54) is 19.2 Å². The number of rotatable bonds is 4. The highest BCUT2D eigenvalue weighted by atomic mass is 19.4. The molecule has 0 aliphatic carbocycles. The number of hydrogen-bond donors (Lipinski definition) is 1. The van der Waals surface area contributed by atoms with Crippen LogP contribution in [0.1, 0.15) is 16.1 Å². The van der Waals surface area contributed by atoms with E-state index < -0.39 is 23.3 Å². The number of aromatic nitrogens is 4. The predicted molar refractivity (Wildman–Crippen MR) is 103 cm³/mol. The molecule has 30 heavy (non-hydrogen) atoms. The molecule has 0 unspecified atom stereocenters. The number of methoxy groups -OCH3 is 1. The molecule has 0 saturated heterocycles. The van der Waals surface area contributed by atoms with Crippen molar-refractivity contribution in [1.29, 1.82) is 0 Å². The van der Waals surface area contributed by atoms with Crippen LogP contribution in [-0.4, -0.2) is 33.0 Å². The molecule has 4 rings (SSSR count). The smallest absolute Gasteiger partial charge is 0.434 e. The summed E-state index contributed by atoms with van der Waals surface area (Å²) in [7, 11) is 1.36. The third kappa shape index (κ3) is 3.54. The Balaban J connectivity index is 1.74. The fraction of sp³-hybridized carbons (Fsp3) is 0.100. The van der Waals surface area contributed by atoms with Crippen molar-refractivity contribution in [3.8, 4) is 11.7 Å². The fourth-order valence-corrected chi connectivity index (χ4v) is 3.02. The molecule has 0 aliphatic heterocycles. The van der Waals surface area contributed by atoms with Gasteiger partial charge in [0.1, 0.15) is 0 Å². The van der Waals surface area contributed by atoms with Crippen LogP contribution in [0.2, 0.25) is 0 Å². The van der Waals surface area contributed by atoms with E-state index in [0.717, 1.165) is 11.6 Å². The maximum atomic E-state index is 13.8. The molecule has 1 N–H and O–H groups in total. The van der Waals surface area contributed by atoms with Crippen LogP contribution in [-0.2, 0) is 6.18 Å². The van der Waals surface area contributed by atoms with Gasteiger partial charge in [-0.1, -0.05) is 36.4 Å². The molecule has 2 aromatic heterocycles. The highest BCUT2D eigenvalue weighted by molar-refractivity contribution is 6.09. The lowest BCUT2D eigenvalue weighted by molar-refractivity contribution is -0.143. The van der Waals surface area contributed by atoms with E-state index in [9.17, 15) is 18.0 Å². The molecule has 2 heterocycles. The lowest BCUT2D eigenvalue weighted by atomic mass is 10.1. The third-order valence-corrected chi connectivity index (χ3v) is 4.37. The summed E-state index contributed by atoms with van der Waals surface area (Å²) in [6.45, 7) is 0. The molecule has 1 amide bonds. The first-order valence-corrected chi connectivity index (χ1v) is 8.71. The van der Waals surface area contributed by atoms with E-state index in [1.54, 1.807) is 24.3 Å². The van der Waals surface area contributed by atoms with Crippen molar-refractivity contribution < 1.29 is 22.7 Å². The molecular formula is C20H14F3N5O2. The standard InChI is InChI=1S/C20H14F3N5O2/c1-30-17-10-9-16(26-27-17)28-18(20(21,22)23)14(11-24-28)19(29)25-15-8-4-6-12-5-2-3-7-13(12)15/h2-11H,1H3,(H,25,29). The first kappa shape index (κ1) is 19.4. The number of carbonyl (C=O) groups is 1. The SMILES string of the molecule is COc1ccc(-n2ncc(C(=O)Nc3cccc4ccccc34)c2C(F)(F)F)nn1. The zero-order chi connectivity index (χ0) is 21.3. The number of benzene rings is 2. The van der Waals surface area contributed by atoms with Gasteiger partial charge in [0.15, 0.2) is 11.5 Å². The molecule has 152 valence electrons. The third-order valence-electron chi connectivity index (χ3n) is 4.37. The number of fused-ring (bicyclic) bond motifs is 1. The molecule has 0 bridgehead atoms. The largest absolute Gasteiger partial charge is 0.480 e. The Bertz CT molecular complexity index is 1210. The van der Waals surface area contributed by atoms with E-state index >= 15 is 0 Å². The molecule has 0 fully saturated rings. The minimum Gasteiger partial charge on any atom is -0.480 e. The second kappa shape index (κ2) is 7.47. The van der Waals surface area contributed by atoms with Gasteiger partial charge in [-0.3, -0.25) is 4.79 Å². The van der Waals surface area contributed by atoms with E-state index in [1.807, 2.05) is 18.2 Å². The van der Waals surface area contributed by atoms with Gasteiger partial charge in [-0.2, -0.15) is 18.3 Å². The molecule has 0 aliphatic rings. The Morgan fingerprint density at radius 2 is 1.80 bits per heavy atom. The maximum Gasteiger partial charge on any atom is 0.434 e. The molecular weight excluding hydrogens is 399 g/mol. The summed E-state index contributed by atoms with van der Waals surface area (Å²) in [5.41, 5.74) is -1.49. The molecule has 0 atom stereocenters. The second-order valence-corrected chi connectivity index (χ2v) is 6.23. The molecule has 0 saturated carbocycles. The molecule has 10 heteroatoms. The Hall–Kier alpha value is -3.95. The maximum absolute atomic E-state index is 13.8. The van der Waals surface area contributed by atoms with Gasteiger partial charge in [0, 0.05) is 17.1 Å². The van der Waals surface area contributed by atoms with Gasteiger partial charge in [0.05, 0.1) is 18.9 Å². The monoisotopic (exact) mass is 413 g/mol. The van der Waals surface area contributed by atoms with Gasteiger partial charge in [0.25, 0.3) is 5.91 Å². The van der Waals surface area contributed by atoms with Crippen LogP contribution in [0.25, 0.3) is 16.6 Å². The fourth-order valence-electron chi connectivity index (χ4n) is 3.02. The van der Waals surface area contributed by atoms with Crippen LogP contribution in [0, 0.1) is 0 Å². The van der Waals surface area contributed by atoms with Crippen LogP contribution in [0.15, 0.2) is 60.8 Å². The van der Waals surface area contributed by atoms with Crippen molar-refractivity contribution in [3.05, 3.63) is 72.1 Å². The molecule has 7 nitrogen and oxygen atoms in total. The number of amides is 1. The minimum atomic E-state index is -4.86. The number of nitrogens with zero attached hydrogens (tertiary/aromatic N) is 4. The van der Waals surface area contributed by atoms with Crippen LogP contribution < -0.4 is 10.1 Å². The van der Waals surface area contributed by atoms with Gasteiger partial charge in [0.2, 0.25) is 5.88 Å². The number of hydrogen-bond acceptors (Lipinski definition) is 5. The molecule has 2 aromatic carbocycles. The minimum absolute atomic E-state index is 0.133. The van der Waals surface area contributed by atoms with Gasteiger partial charge in [-0.15, -0.1) is 10.2 Å². The van der Waals surface area contributed by atoms with Crippen molar-refractivity contribution in [3.63, 3.8) is 0 Å². The number of alkyl halides is 3. The Morgan fingerprint density at radius 1 is 1.03 bits per heavy atom. The summed E-state index contributed by atoms with van der Waals surface area (Å²) >= 11 is 0. The van der Waals surface area contributed by atoms with E-state index in [0.29, 0.717) is 15.8 Å². The van der Waals surface area contributed by atoms with Crippen LogP contribution in [0.4, 0.5) is 18.9 Å². The first-order valence-electron chi connectivity index (χ1n) is 8.71. The Kier molecular flexibility index (Phi) is 4.82. The molecule has 0 spiro atoms. The lowest BCUT2D eigenvalue weighted by Crippen LogP contribution is -2.21. The van der Waals surface area contributed by atoms with Gasteiger partial charge < -0.3 is 10.1 Å². The Labute approximate surface area is 168 Å². The zero-order valence-corrected chi connectivity index (χ0v) is 15.5. The second-order valence-electron chi connectivity index (χ2n) is 6.23. The van der Waals surface area contributed by atoms with Crippen LogP contribution in [0.5, 0.6) is 5.88 Å². The normalized spacial score (nSPS) is 11.5. The van der Waals surface area contributed by atoms with Gasteiger partial charge >= 0.3 is 6.18 Å². The van der Waals surface area contributed by atoms with Crippen molar-refractivity contribution in [2.45, 2.75) is 6.18 Å². The van der Waals surface area contributed by atoms with Crippen LogP contribution >= 0.6 is 0 Å². The first-order chi connectivity index (χ1) is 14.4. The van der Waals surface area contributed by atoms with E-state index in [4.69, 9.17) is 4.74 Å². The van der Waals surface area contributed by atoms with Crippen molar-refractivity contribution in [1.82, 2.24) is 20.0 Å². The topological polar surface area (TPSA) is 81.9 Å². The molecule has 4 aromatic rings. The summed E-state index contributed by atoms with van der Waals surface area (Å²) < 4.78 is 46.8. The summed E-state index contributed by atoms with van der Waals surface area (Å²) in [5, 5.41) is 15.2. The lowest BCUT2D eigenvalue weighted by Gasteiger charge is -2.13. The zero-order valence-electron chi connectivity index (χ0n) is 15.5. The van der Waals surface area contributed by atoms with Gasteiger partial charge in [-0.25, -0.2) is 4.68 Å². The summed E-state index contributed by atoms with van der Waals surface area (Å²) in [6, 6.07) is 15.0. The van der Waals surface area contributed by atoms with Crippen molar-refractivity contribution >= 4 is 22.4 Å². The highest BCUT2D eigenvalue weighted by Gasteiger charge is 2.41. The highest BCUT2D eigenvalue weighted by Crippen LogP contribution is 2.34. The Morgan fingerprint density at radius 3 is 2.50 bits per heavy atom. The van der Waals surface area contributed by atoms with Crippen molar-refractivity contribution in [2.75, 3.05) is 12.4 Å². The van der Waals surface area contributed by atoms with E-state index in [-0.39, 0.29) is 11.7 Å². The average molecular weight is 413 g/mol. The van der Waals surface area contributed by atoms with Crippen LogP contribution in [0.3, 0.4) is 0 Å². The predicted octanol–water partition coefficient (Wildman–Crippen LogP) is 4.10. The molecule has 0 radical (unpaired) electrons.